The van der Waals surface area contributed by atoms with Crippen molar-refractivity contribution in [3.8, 4) is 0 Å². The van der Waals surface area contributed by atoms with Crippen molar-refractivity contribution in [2.24, 2.45) is 0 Å². The number of non-ortho nitro benzene ring substituents is 1. The van der Waals surface area contributed by atoms with E-state index in [2.05, 4.69) is 9.88 Å². The van der Waals surface area contributed by atoms with Gasteiger partial charge < -0.3 is 4.98 Å². The fourth-order valence-electron chi connectivity index (χ4n) is 2.77. The molecule has 5 heteroatoms. The van der Waals surface area contributed by atoms with Crippen molar-refractivity contribution in [1.82, 2.24) is 9.88 Å². The Morgan fingerprint density at radius 2 is 2.05 bits per heavy atom. The number of aromatic nitrogens is 1. The van der Waals surface area contributed by atoms with Crippen molar-refractivity contribution in [2.75, 3.05) is 13.1 Å². The van der Waals surface area contributed by atoms with Gasteiger partial charge in [0.15, 0.2) is 0 Å². The van der Waals surface area contributed by atoms with Crippen LogP contribution in [-0.2, 0) is 6.54 Å². The molecule has 1 saturated heterocycles. The van der Waals surface area contributed by atoms with Crippen LogP contribution in [0.2, 0.25) is 0 Å². The zero-order valence-electron chi connectivity index (χ0n) is 10.8. The topological polar surface area (TPSA) is 62.2 Å². The van der Waals surface area contributed by atoms with Crippen LogP contribution in [0.3, 0.4) is 0 Å². The predicted octanol–water partition coefficient (Wildman–Crippen LogP) is 3.06. The molecule has 2 heterocycles. The molecule has 1 aromatic heterocycles. The highest BCUT2D eigenvalue weighted by Gasteiger charge is 2.14. The molecule has 2 aromatic rings. The number of aromatic amines is 1. The molecule has 100 valence electrons. The molecular formula is C14H17N3O2. The first kappa shape index (κ1) is 12.2. The third kappa shape index (κ3) is 2.46. The van der Waals surface area contributed by atoms with E-state index in [0.29, 0.717) is 0 Å². The summed E-state index contributed by atoms with van der Waals surface area (Å²) in [6.07, 6.45) is 5.80. The molecule has 0 aliphatic carbocycles. The molecule has 0 unspecified atom stereocenters. The fraction of sp³-hybridized carbons (Fsp3) is 0.429. The van der Waals surface area contributed by atoms with Crippen LogP contribution in [0.1, 0.15) is 24.8 Å². The van der Waals surface area contributed by atoms with E-state index in [0.717, 1.165) is 36.1 Å². The Morgan fingerprint density at radius 1 is 1.26 bits per heavy atom. The Labute approximate surface area is 111 Å². The first-order valence-electron chi connectivity index (χ1n) is 6.71. The van der Waals surface area contributed by atoms with Gasteiger partial charge in [0.2, 0.25) is 0 Å². The summed E-state index contributed by atoms with van der Waals surface area (Å²) in [7, 11) is 0. The van der Waals surface area contributed by atoms with Crippen molar-refractivity contribution in [3.63, 3.8) is 0 Å². The van der Waals surface area contributed by atoms with E-state index in [1.165, 1.54) is 19.3 Å². The van der Waals surface area contributed by atoms with Crippen LogP contribution >= 0.6 is 0 Å². The summed E-state index contributed by atoms with van der Waals surface area (Å²) in [6, 6.07) is 5.00. The molecule has 3 rings (SSSR count). The van der Waals surface area contributed by atoms with Gasteiger partial charge in [-0.1, -0.05) is 6.42 Å². The highest BCUT2D eigenvalue weighted by molar-refractivity contribution is 5.85. The summed E-state index contributed by atoms with van der Waals surface area (Å²) in [5, 5.41) is 11.8. The SMILES string of the molecule is O=[N+]([O-])c1ccc2[nH]cc(CN3CCCCC3)c2c1. The molecule has 0 atom stereocenters. The third-order valence-corrected chi connectivity index (χ3v) is 3.80. The second kappa shape index (κ2) is 5.01. The predicted molar refractivity (Wildman–Crippen MR) is 74.1 cm³/mol. The number of H-pyrrole nitrogens is 1. The quantitative estimate of drug-likeness (QED) is 0.680. The van der Waals surface area contributed by atoms with Crippen LogP contribution in [0.4, 0.5) is 5.69 Å². The number of fused-ring (bicyclic) bond motifs is 1. The average Bonchev–Trinajstić information content (AvgIpc) is 2.82. The van der Waals surface area contributed by atoms with Crippen molar-refractivity contribution in [1.29, 1.82) is 0 Å². The van der Waals surface area contributed by atoms with Crippen LogP contribution in [0.25, 0.3) is 10.9 Å². The number of benzene rings is 1. The molecule has 1 aliphatic heterocycles. The van der Waals surface area contributed by atoms with Gasteiger partial charge in [-0.2, -0.15) is 0 Å². The minimum atomic E-state index is -0.336. The zero-order valence-corrected chi connectivity index (χ0v) is 10.8. The zero-order chi connectivity index (χ0) is 13.2. The van der Waals surface area contributed by atoms with Crippen molar-refractivity contribution < 1.29 is 4.92 Å². The maximum absolute atomic E-state index is 10.9. The van der Waals surface area contributed by atoms with E-state index in [4.69, 9.17) is 0 Å². The average molecular weight is 259 g/mol. The standard InChI is InChI=1S/C14H17N3O2/c18-17(19)12-4-5-14-13(8-12)11(9-15-14)10-16-6-2-1-3-7-16/h4-5,8-9,15H,1-3,6-7,10H2. The van der Waals surface area contributed by atoms with Crippen LogP contribution in [0.15, 0.2) is 24.4 Å². The minimum absolute atomic E-state index is 0.159. The largest absolute Gasteiger partial charge is 0.361 e. The Hall–Kier alpha value is -1.88. The van der Waals surface area contributed by atoms with E-state index < -0.39 is 0 Å². The highest BCUT2D eigenvalue weighted by Crippen LogP contribution is 2.25. The summed E-state index contributed by atoms with van der Waals surface area (Å²) in [6.45, 7) is 3.13. The first-order chi connectivity index (χ1) is 9.24. The summed E-state index contributed by atoms with van der Waals surface area (Å²) >= 11 is 0. The molecule has 1 fully saturated rings. The molecule has 0 saturated carbocycles. The lowest BCUT2D eigenvalue weighted by Crippen LogP contribution is -2.28. The second-order valence-electron chi connectivity index (χ2n) is 5.14. The Balaban J connectivity index is 1.89. The van der Waals surface area contributed by atoms with Crippen LogP contribution in [-0.4, -0.2) is 27.9 Å². The van der Waals surface area contributed by atoms with E-state index in [9.17, 15) is 10.1 Å². The molecule has 0 amide bonds. The number of rotatable bonds is 3. The number of nitro benzene ring substituents is 1. The van der Waals surface area contributed by atoms with Gasteiger partial charge in [-0.3, -0.25) is 15.0 Å². The second-order valence-corrected chi connectivity index (χ2v) is 5.14. The molecule has 0 spiro atoms. The number of nitro groups is 1. The maximum Gasteiger partial charge on any atom is 0.270 e. The molecule has 5 nitrogen and oxygen atoms in total. The van der Waals surface area contributed by atoms with E-state index in [-0.39, 0.29) is 10.6 Å². The van der Waals surface area contributed by atoms with Crippen molar-refractivity contribution in [3.05, 3.63) is 40.1 Å². The Kier molecular flexibility index (Phi) is 3.21. The number of nitrogens with one attached hydrogen (secondary N) is 1. The van der Waals surface area contributed by atoms with Crippen molar-refractivity contribution >= 4 is 16.6 Å². The lowest BCUT2D eigenvalue weighted by Gasteiger charge is -2.26. The van der Waals surface area contributed by atoms with Gasteiger partial charge in [0.05, 0.1) is 4.92 Å². The van der Waals surface area contributed by atoms with E-state index in [1.807, 2.05) is 6.20 Å². The van der Waals surface area contributed by atoms with Gasteiger partial charge in [-0.25, -0.2) is 0 Å². The van der Waals surface area contributed by atoms with Gasteiger partial charge in [0.25, 0.3) is 5.69 Å². The van der Waals surface area contributed by atoms with Crippen LogP contribution in [0, 0.1) is 10.1 Å². The van der Waals surface area contributed by atoms with Gasteiger partial charge in [0, 0.05) is 35.8 Å². The van der Waals surface area contributed by atoms with Crippen LogP contribution in [0.5, 0.6) is 0 Å². The lowest BCUT2D eigenvalue weighted by molar-refractivity contribution is -0.384. The molecule has 0 bridgehead atoms. The minimum Gasteiger partial charge on any atom is -0.361 e. The van der Waals surface area contributed by atoms with Gasteiger partial charge in [-0.05, 0) is 37.6 Å². The summed E-state index contributed by atoms with van der Waals surface area (Å²) in [5.41, 5.74) is 2.28. The van der Waals surface area contributed by atoms with Gasteiger partial charge >= 0.3 is 0 Å². The molecule has 1 aliphatic rings. The number of piperidine rings is 1. The fourth-order valence-corrected chi connectivity index (χ4v) is 2.77. The summed E-state index contributed by atoms with van der Waals surface area (Å²) in [4.78, 5) is 16.1. The Morgan fingerprint density at radius 3 is 2.79 bits per heavy atom. The summed E-state index contributed by atoms with van der Waals surface area (Å²) < 4.78 is 0. The molecule has 1 N–H and O–H groups in total. The Bertz CT molecular complexity index is 600. The molecule has 0 radical (unpaired) electrons. The normalized spacial score (nSPS) is 16.8. The highest BCUT2D eigenvalue weighted by atomic mass is 16.6. The number of hydrogen-bond donors (Lipinski definition) is 1. The van der Waals surface area contributed by atoms with Gasteiger partial charge in [-0.15, -0.1) is 0 Å². The number of hydrogen-bond acceptors (Lipinski definition) is 3. The van der Waals surface area contributed by atoms with Gasteiger partial charge in [0.1, 0.15) is 0 Å². The molecule has 19 heavy (non-hydrogen) atoms. The smallest absolute Gasteiger partial charge is 0.270 e. The van der Waals surface area contributed by atoms with Crippen LogP contribution < -0.4 is 0 Å². The van der Waals surface area contributed by atoms with Crippen molar-refractivity contribution in [2.45, 2.75) is 25.8 Å². The lowest BCUT2D eigenvalue weighted by atomic mass is 10.1. The first-order valence-corrected chi connectivity index (χ1v) is 6.71. The monoisotopic (exact) mass is 259 g/mol. The molecular weight excluding hydrogens is 242 g/mol. The molecule has 1 aromatic carbocycles. The summed E-state index contributed by atoms with van der Waals surface area (Å²) in [5.74, 6) is 0. The van der Waals surface area contributed by atoms with E-state index >= 15 is 0 Å². The maximum atomic E-state index is 10.9. The van der Waals surface area contributed by atoms with E-state index in [1.54, 1.807) is 18.2 Å². The number of nitrogens with zero attached hydrogens (tertiary/aromatic N) is 2. The third-order valence-electron chi connectivity index (χ3n) is 3.80. The number of likely N-dealkylation sites (tertiary alicyclic amines) is 1.